The van der Waals surface area contributed by atoms with E-state index in [-0.39, 0.29) is 29.2 Å². The Morgan fingerprint density at radius 1 is 1.13 bits per heavy atom. The van der Waals surface area contributed by atoms with Gasteiger partial charge in [0.25, 0.3) is 0 Å². The standard InChI is InChI=1S/C21H22FN3O6/c22-14-9-13-16(25(12-1-2-12)11-18(19(13)26)31-21(28)29)10-17(14)24-6-4-23(5-7-24)15-3-8-30-20(15)27/h9-12,15H,1-8H2,(H,28,29). The molecule has 1 aliphatic carbocycles. The molecule has 1 saturated carbocycles. The van der Waals surface area contributed by atoms with Gasteiger partial charge in [-0.2, -0.15) is 0 Å². The van der Waals surface area contributed by atoms with Gasteiger partial charge in [0, 0.05) is 38.6 Å². The van der Waals surface area contributed by atoms with Gasteiger partial charge in [-0.25, -0.2) is 9.18 Å². The third kappa shape index (κ3) is 3.60. The number of carbonyl (C=O) groups excluding carboxylic acids is 1. The zero-order valence-electron chi connectivity index (χ0n) is 16.8. The summed E-state index contributed by atoms with van der Waals surface area (Å²) in [4.78, 5) is 39.5. The molecule has 1 aromatic carbocycles. The number of rotatable bonds is 4. The predicted octanol–water partition coefficient (Wildman–Crippen LogP) is 1.97. The van der Waals surface area contributed by atoms with Crippen LogP contribution in [0.25, 0.3) is 10.9 Å². The summed E-state index contributed by atoms with van der Waals surface area (Å²) in [5.74, 6) is -1.07. The van der Waals surface area contributed by atoms with Crippen LogP contribution in [0.5, 0.6) is 5.75 Å². The van der Waals surface area contributed by atoms with Crippen LogP contribution in [-0.2, 0) is 9.53 Å². The fourth-order valence-electron chi connectivity index (χ4n) is 4.49. The second kappa shape index (κ2) is 7.52. The van der Waals surface area contributed by atoms with Gasteiger partial charge in [0.2, 0.25) is 5.43 Å². The number of hydrogen-bond acceptors (Lipinski definition) is 7. The number of aromatic nitrogens is 1. The lowest BCUT2D eigenvalue weighted by Crippen LogP contribution is -2.51. The second-order valence-electron chi connectivity index (χ2n) is 8.14. The Kier molecular flexibility index (Phi) is 4.81. The maximum Gasteiger partial charge on any atom is 0.511 e. The molecule has 0 bridgehead atoms. The van der Waals surface area contributed by atoms with Crippen LogP contribution in [0.1, 0.15) is 25.3 Å². The Balaban J connectivity index is 1.47. The van der Waals surface area contributed by atoms with Crippen molar-refractivity contribution in [2.45, 2.75) is 31.3 Å². The molecule has 0 amide bonds. The Labute approximate surface area is 176 Å². The van der Waals surface area contributed by atoms with E-state index in [1.54, 1.807) is 6.07 Å². The Bertz CT molecular complexity index is 1120. The van der Waals surface area contributed by atoms with Gasteiger partial charge in [0.15, 0.2) is 5.75 Å². The molecule has 3 heterocycles. The van der Waals surface area contributed by atoms with Gasteiger partial charge in [0.1, 0.15) is 11.9 Å². The van der Waals surface area contributed by atoms with Crippen molar-refractivity contribution < 1.29 is 28.6 Å². The topological polar surface area (TPSA) is 101 Å². The first-order chi connectivity index (χ1) is 14.9. The van der Waals surface area contributed by atoms with E-state index in [0.29, 0.717) is 50.4 Å². The van der Waals surface area contributed by atoms with Crippen LogP contribution in [0.15, 0.2) is 23.1 Å². The van der Waals surface area contributed by atoms with E-state index in [4.69, 9.17) is 9.84 Å². The number of esters is 1. The minimum Gasteiger partial charge on any atom is -0.464 e. The number of halogens is 1. The van der Waals surface area contributed by atoms with Crippen molar-refractivity contribution in [2.75, 3.05) is 37.7 Å². The number of benzene rings is 1. The SMILES string of the molecule is O=C(O)Oc1cn(C2CC2)c2cc(N3CCN(C4CCOC4=O)CC3)c(F)cc2c1=O. The zero-order valence-corrected chi connectivity index (χ0v) is 16.8. The van der Waals surface area contributed by atoms with Crippen LogP contribution >= 0.6 is 0 Å². The predicted molar refractivity (Wildman–Crippen MR) is 108 cm³/mol. The van der Waals surface area contributed by atoms with Crippen molar-refractivity contribution in [3.05, 3.63) is 34.4 Å². The number of fused-ring (bicyclic) bond motifs is 1. The van der Waals surface area contributed by atoms with Crippen molar-refractivity contribution in [1.82, 2.24) is 9.47 Å². The highest BCUT2D eigenvalue weighted by Crippen LogP contribution is 2.39. The summed E-state index contributed by atoms with van der Waals surface area (Å²) in [6, 6.07) is 2.73. The number of piperazine rings is 1. The molecule has 0 radical (unpaired) electrons. The van der Waals surface area contributed by atoms with Crippen LogP contribution in [0.2, 0.25) is 0 Å². The number of pyridine rings is 1. The van der Waals surface area contributed by atoms with Gasteiger partial charge in [0.05, 0.1) is 29.4 Å². The van der Waals surface area contributed by atoms with Gasteiger partial charge in [-0.05, 0) is 25.0 Å². The Hall–Kier alpha value is -3.14. The lowest BCUT2D eigenvalue weighted by Gasteiger charge is -2.38. The highest BCUT2D eigenvalue weighted by Gasteiger charge is 2.35. The summed E-state index contributed by atoms with van der Waals surface area (Å²) in [7, 11) is 0. The van der Waals surface area contributed by atoms with Crippen LogP contribution in [0.4, 0.5) is 14.9 Å². The summed E-state index contributed by atoms with van der Waals surface area (Å²) >= 11 is 0. The van der Waals surface area contributed by atoms with Gasteiger partial charge in [-0.1, -0.05) is 0 Å². The van der Waals surface area contributed by atoms with E-state index < -0.39 is 17.4 Å². The van der Waals surface area contributed by atoms with Crippen LogP contribution < -0.4 is 15.1 Å². The average molecular weight is 431 g/mol. The van der Waals surface area contributed by atoms with Gasteiger partial charge < -0.3 is 24.0 Å². The molecule has 3 aliphatic rings. The molecule has 1 atom stereocenters. The highest BCUT2D eigenvalue weighted by molar-refractivity contribution is 5.85. The van der Waals surface area contributed by atoms with Crippen LogP contribution in [-0.4, -0.2) is 65.5 Å². The van der Waals surface area contributed by atoms with Crippen molar-refractivity contribution in [3.63, 3.8) is 0 Å². The van der Waals surface area contributed by atoms with Gasteiger partial charge in [-0.3, -0.25) is 14.5 Å². The molecule has 1 aromatic heterocycles. The molecule has 1 N–H and O–H groups in total. The molecule has 3 fully saturated rings. The summed E-state index contributed by atoms with van der Waals surface area (Å²) in [5, 5.41) is 9.01. The zero-order chi connectivity index (χ0) is 21.7. The van der Waals surface area contributed by atoms with Crippen molar-refractivity contribution in [3.8, 4) is 5.75 Å². The first-order valence-electron chi connectivity index (χ1n) is 10.4. The Morgan fingerprint density at radius 3 is 2.48 bits per heavy atom. The third-order valence-corrected chi connectivity index (χ3v) is 6.21. The van der Waals surface area contributed by atoms with Gasteiger partial charge in [-0.15, -0.1) is 0 Å². The minimum atomic E-state index is -1.58. The van der Waals surface area contributed by atoms with E-state index in [1.807, 2.05) is 9.47 Å². The molecule has 2 aromatic rings. The molecule has 1 unspecified atom stereocenters. The fourth-order valence-corrected chi connectivity index (χ4v) is 4.49. The van der Waals surface area contributed by atoms with Gasteiger partial charge >= 0.3 is 12.1 Å². The summed E-state index contributed by atoms with van der Waals surface area (Å²) in [5.41, 5.74) is 0.301. The summed E-state index contributed by atoms with van der Waals surface area (Å²) < 4.78 is 26.5. The molecule has 9 nitrogen and oxygen atoms in total. The second-order valence-corrected chi connectivity index (χ2v) is 8.14. The first kappa shape index (κ1) is 19.8. The normalized spacial score (nSPS) is 22.0. The molecule has 2 aliphatic heterocycles. The van der Waals surface area contributed by atoms with E-state index in [2.05, 4.69) is 9.64 Å². The van der Waals surface area contributed by atoms with Crippen molar-refractivity contribution in [1.29, 1.82) is 0 Å². The molecular formula is C21H22FN3O6. The molecule has 164 valence electrons. The summed E-state index contributed by atoms with van der Waals surface area (Å²) in [6.07, 6.45) is 2.29. The Morgan fingerprint density at radius 2 is 1.87 bits per heavy atom. The number of carboxylic acid groups (broad SMARTS) is 1. The third-order valence-electron chi connectivity index (χ3n) is 6.21. The average Bonchev–Trinajstić information content (AvgIpc) is 3.50. The number of nitrogens with zero attached hydrogens (tertiary/aromatic N) is 3. The van der Waals surface area contributed by atoms with E-state index >= 15 is 4.39 Å². The molecule has 2 saturated heterocycles. The molecular weight excluding hydrogens is 409 g/mol. The number of cyclic esters (lactones) is 1. The number of anilines is 1. The van der Waals surface area contributed by atoms with Crippen LogP contribution in [0.3, 0.4) is 0 Å². The molecule has 0 spiro atoms. The summed E-state index contributed by atoms with van der Waals surface area (Å²) in [6.45, 7) is 2.74. The van der Waals surface area contributed by atoms with E-state index in [1.165, 1.54) is 12.3 Å². The fraction of sp³-hybridized carbons (Fsp3) is 0.476. The lowest BCUT2D eigenvalue weighted by atomic mass is 10.1. The maximum atomic E-state index is 15.1. The highest BCUT2D eigenvalue weighted by atomic mass is 19.1. The largest absolute Gasteiger partial charge is 0.511 e. The molecule has 31 heavy (non-hydrogen) atoms. The number of hydrogen-bond donors (Lipinski definition) is 1. The molecule has 10 heteroatoms. The van der Waals surface area contributed by atoms with E-state index in [9.17, 15) is 14.4 Å². The monoisotopic (exact) mass is 431 g/mol. The van der Waals surface area contributed by atoms with E-state index in [0.717, 1.165) is 12.8 Å². The minimum absolute atomic E-state index is 0.0965. The quantitative estimate of drug-likeness (QED) is 0.734. The number of carbonyl (C=O) groups is 2. The lowest BCUT2D eigenvalue weighted by molar-refractivity contribution is -0.142. The number of ether oxygens (including phenoxy) is 2. The smallest absolute Gasteiger partial charge is 0.464 e. The van der Waals surface area contributed by atoms with Crippen molar-refractivity contribution in [2.24, 2.45) is 0 Å². The first-order valence-corrected chi connectivity index (χ1v) is 10.4. The van der Waals surface area contributed by atoms with Crippen molar-refractivity contribution >= 4 is 28.7 Å². The molecule has 5 rings (SSSR count). The maximum absolute atomic E-state index is 15.1. The van der Waals surface area contributed by atoms with Crippen LogP contribution in [0, 0.1) is 5.82 Å².